The first-order valence-corrected chi connectivity index (χ1v) is 13.7. The molecule has 16 heteroatoms. The van der Waals surface area contributed by atoms with Crippen LogP contribution in [0.25, 0.3) is 0 Å². The number of fused-ring (bicyclic) bond motifs is 1. The van der Waals surface area contributed by atoms with E-state index in [-0.39, 0.29) is 48.0 Å². The number of hydrogen-bond donors (Lipinski definition) is 3. The number of aryl methyl sites for hydroxylation is 1. The Labute approximate surface area is 239 Å². The van der Waals surface area contributed by atoms with Crippen LogP contribution in [0.1, 0.15) is 46.4 Å². The van der Waals surface area contributed by atoms with Crippen LogP contribution in [-0.2, 0) is 24.0 Å². The van der Waals surface area contributed by atoms with Crippen molar-refractivity contribution in [3.8, 4) is 6.08 Å². The van der Waals surface area contributed by atoms with Crippen molar-refractivity contribution in [3.63, 3.8) is 0 Å². The van der Waals surface area contributed by atoms with Crippen LogP contribution in [0.5, 0.6) is 6.08 Å². The first-order chi connectivity index (χ1) is 19.5. The quantitative estimate of drug-likeness (QED) is 0.327. The fraction of sp³-hybridized carbons (Fsp3) is 0.731. The number of hydrogen-bond acceptors (Lipinski definition) is 9. The molecule has 13 nitrogen and oxygen atoms in total. The van der Waals surface area contributed by atoms with Crippen molar-refractivity contribution in [2.24, 2.45) is 29.1 Å². The van der Waals surface area contributed by atoms with E-state index in [4.69, 9.17) is 9.26 Å². The van der Waals surface area contributed by atoms with Gasteiger partial charge in [-0.1, -0.05) is 32.9 Å². The molecule has 1 saturated carbocycles. The number of ether oxygens (including phenoxy) is 1. The second kappa shape index (κ2) is 11.5. The van der Waals surface area contributed by atoms with Crippen molar-refractivity contribution in [3.05, 3.63) is 5.82 Å². The lowest BCUT2D eigenvalue weighted by molar-refractivity contribution is -0.175. The predicted octanol–water partition coefficient (Wildman–Crippen LogP) is 0.523. The summed E-state index contributed by atoms with van der Waals surface area (Å²) in [5, 5.41) is 10.7. The van der Waals surface area contributed by atoms with E-state index in [2.05, 4.69) is 20.8 Å². The Kier molecular flexibility index (Phi) is 8.56. The second-order valence-corrected chi connectivity index (χ2v) is 12.0. The SMILES string of the molecule is Cc1noc(OCC(=O)[C@H](C[C@@H]2CCNC2=O)NC(=O)[C@@H]2[C@@H]3[C@H](CN2C(=O)[C@@H](NC(=O)C(F)(F)F)C(C)C)C3(C)C)n1. The van der Waals surface area contributed by atoms with Gasteiger partial charge in [-0.15, -0.1) is 0 Å². The summed E-state index contributed by atoms with van der Waals surface area (Å²) in [5.41, 5.74) is -0.342. The number of nitrogens with one attached hydrogen (secondary N) is 3. The predicted molar refractivity (Wildman–Crippen MR) is 136 cm³/mol. The summed E-state index contributed by atoms with van der Waals surface area (Å²) < 4.78 is 49.1. The van der Waals surface area contributed by atoms with Crippen LogP contribution < -0.4 is 20.7 Å². The molecule has 1 aliphatic carbocycles. The van der Waals surface area contributed by atoms with E-state index in [0.29, 0.717) is 13.0 Å². The largest absolute Gasteiger partial charge is 0.471 e. The van der Waals surface area contributed by atoms with Crippen LogP contribution in [0.15, 0.2) is 4.52 Å². The third-order valence-electron chi connectivity index (χ3n) is 8.47. The lowest BCUT2D eigenvalue weighted by atomic mass is 9.94. The highest BCUT2D eigenvalue weighted by Crippen LogP contribution is 2.65. The van der Waals surface area contributed by atoms with Crippen LogP contribution in [-0.4, -0.2) is 88.5 Å². The van der Waals surface area contributed by atoms with E-state index in [1.807, 2.05) is 13.8 Å². The molecule has 0 radical (unpaired) electrons. The fourth-order valence-electron chi connectivity index (χ4n) is 5.98. The highest BCUT2D eigenvalue weighted by atomic mass is 19.4. The Morgan fingerprint density at radius 3 is 2.45 bits per heavy atom. The Morgan fingerprint density at radius 2 is 1.90 bits per heavy atom. The van der Waals surface area contributed by atoms with Gasteiger partial charge in [0.1, 0.15) is 12.1 Å². The third kappa shape index (κ3) is 6.36. The maximum atomic E-state index is 13.8. The molecule has 4 rings (SSSR count). The minimum Gasteiger partial charge on any atom is -0.441 e. The molecular weight excluding hydrogens is 565 g/mol. The standard InChI is InChI=1S/C26H35F3N6O7/c1-11(2)18(33-23(40)26(27,28)29)22(39)35-9-14-17(25(14,4)5)19(35)21(38)32-15(8-13-6-7-30-20(13)37)16(36)10-41-24-31-12(3)34-42-24/h11,13-15,17-19H,6-10H2,1-5H3,(H,30,37)(H,32,38)(H,33,40)/t13-,14-,15-,17-,18-,19-/m0/s1. The minimum atomic E-state index is -5.19. The van der Waals surface area contributed by atoms with Crippen LogP contribution in [0.3, 0.4) is 0 Å². The zero-order valence-corrected chi connectivity index (χ0v) is 23.9. The molecule has 6 atom stereocenters. The number of alkyl halides is 3. The van der Waals surface area contributed by atoms with Crippen LogP contribution in [0.4, 0.5) is 13.2 Å². The van der Waals surface area contributed by atoms with E-state index in [9.17, 15) is 37.1 Å². The lowest BCUT2D eigenvalue weighted by Crippen LogP contribution is -2.59. The molecule has 232 valence electrons. The number of likely N-dealkylation sites (tertiary alicyclic amines) is 1. The summed E-state index contributed by atoms with van der Waals surface area (Å²) in [5.74, 6) is -6.03. The van der Waals surface area contributed by atoms with Gasteiger partial charge in [-0.3, -0.25) is 28.5 Å². The van der Waals surface area contributed by atoms with Gasteiger partial charge in [0.2, 0.25) is 17.7 Å². The van der Waals surface area contributed by atoms with Crippen LogP contribution in [0, 0.1) is 36.0 Å². The third-order valence-corrected chi connectivity index (χ3v) is 8.47. The lowest BCUT2D eigenvalue weighted by Gasteiger charge is -2.35. The van der Waals surface area contributed by atoms with Crippen molar-refractivity contribution < 1.29 is 46.4 Å². The van der Waals surface area contributed by atoms with Gasteiger partial charge in [-0.05, 0) is 42.9 Å². The highest BCUT2D eigenvalue weighted by molar-refractivity contribution is 5.97. The van der Waals surface area contributed by atoms with Gasteiger partial charge < -0.3 is 25.6 Å². The number of aromatic nitrogens is 2. The van der Waals surface area contributed by atoms with Crippen molar-refractivity contribution in [1.29, 1.82) is 0 Å². The van der Waals surface area contributed by atoms with E-state index in [1.54, 1.807) is 12.2 Å². The molecule has 2 saturated heterocycles. The fourth-order valence-corrected chi connectivity index (χ4v) is 5.98. The number of nitrogens with zero attached hydrogens (tertiary/aromatic N) is 3. The van der Waals surface area contributed by atoms with Gasteiger partial charge in [0.15, 0.2) is 18.2 Å². The highest BCUT2D eigenvalue weighted by Gasteiger charge is 2.69. The van der Waals surface area contributed by atoms with Gasteiger partial charge in [0.05, 0.1) is 6.04 Å². The van der Waals surface area contributed by atoms with Crippen molar-refractivity contribution >= 4 is 29.4 Å². The van der Waals surface area contributed by atoms with Crippen molar-refractivity contribution in [1.82, 2.24) is 31.0 Å². The molecule has 0 unspecified atom stereocenters. The Bertz CT molecular complexity index is 1250. The van der Waals surface area contributed by atoms with Crippen molar-refractivity contribution in [2.75, 3.05) is 19.7 Å². The number of ketones is 1. The molecular formula is C26H35F3N6O7. The summed E-state index contributed by atoms with van der Waals surface area (Å²) in [4.78, 5) is 69.6. The number of amides is 4. The monoisotopic (exact) mass is 600 g/mol. The van der Waals surface area contributed by atoms with Crippen molar-refractivity contribution in [2.45, 2.75) is 71.8 Å². The maximum Gasteiger partial charge on any atom is 0.471 e. The molecule has 2 aliphatic heterocycles. The van der Waals surface area contributed by atoms with E-state index in [1.165, 1.54) is 18.7 Å². The number of carbonyl (C=O) groups is 5. The van der Waals surface area contributed by atoms with E-state index < -0.39 is 66.2 Å². The number of rotatable bonds is 11. The zero-order valence-electron chi connectivity index (χ0n) is 23.9. The molecule has 3 aliphatic rings. The molecule has 42 heavy (non-hydrogen) atoms. The average molecular weight is 601 g/mol. The molecule has 3 fully saturated rings. The second-order valence-electron chi connectivity index (χ2n) is 12.0. The Morgan fingerprint density at radius 1 is 1.21 bits per heavy atom. The summed E-state index contributed by atoms with van der Waals surface area (Å²) in [6.45, 7) is 8.33. The molecule has 3 heterocycles. The molecule has 3 N–H and O–H groups in total. The van der Waals surface area contributed by atoms with Gasteiger partial charge in [0.25, 0.3) is 0 Å². The van der Waals surface area contributed by atoms with E-state index >= 15 is 0 Å². The zero-order chi connectivity index (χ0) is 31.1. The van der Waals surface area contributed by atoms with Gasteiger partial charge in [-0.2, -0.15) is 18.2 Å². The van der Waals surface area contributed by atoms with Crippen LogP contribution in [0.2, 0.25) is 0 Å². The molecule has 4 amide bonds. The summed E-state index contributed by atoms with van der Waals surface area (Å²) >= 11 is 0. The minimum absolute atomic E-state index is 0.0307. The Hall–Kier alpha value is -3.72. The normalized spacial score (nSPS) is 25.8. The average Bonchev–Trinajstić information content (AvgIpc) is 3.40. The Balaban J connectivity index is 1.54. The molecule has 0 spiro atoms. The summed E-state index contributed by atoms with van der Waals surface area (Å²) in [6, 6.07) is -3.81. The summed E-state index contributed by atoms with van der Waals surface area (Å²) in [7, 11) is 0. The van der Waals surface area contributed by atoms with Crippen LogP contribution >= 0.6 is 0 Å². The van der Waals surface area contributed by atoms with Gasteiger partial charge in [0, 0.05) is 19.0 Å². The molecule has 1 aromatic heterocycles. The topological polar surface area (TPSA) is 173 Å². The number of Topliss-reactive ketones (excluding diaryl/α,β-unsaturated/α-hetero) is 1. The maximum absolute atomic E-state index is 13.8. The number of halogens is 3. The van der Waals surface area contributed by atoms with Gasteiger partial charge >= 0.3 is 18.2 Å². The van der Waals surface area contributed by atoms with E-state index in [0.717, 1.165) is 0 Å². The molecule has 0 aromatic carbocycles. The first kappa shape index (κ1) is 31.2. The molecule has 0 bridgehead atoms. The first-order valence-electron chi connectivity index (χ1n) is 13.7. The number of carbonyl (C=O) groups excluding carboxylic acids is 5. The summed E-state index contributed by atoms with van der Waals surface area (Å²) in [6.07, 6.45) is -5.03. The van der Waals surface area contributed by atoms with Gasteiger partial charge in [-0.25, -0.2) is 0 Å². The number of piperidine rings is 1. The molecule has 1 aromatic rings. The smallest absolute Gasteiger partial charge is 0.441 e.